The van der Waals surface area contributed by atoms with Crippen molar-refractivity contribution < 1.29 is 18.3 Å². The molecular formula is C14H12Cl2F2O2. The van der Waals surface area contributed by atoms with E-state index in [2.05, 4.69) is 0 Å². The lowest BCUT2D eigenvalue weighted by molar-refractivity contribution is 0.110. The largest absolute Gasteiger partial charge is 0.497 e. The van der Waals surface area contributed by atoms with Gasteiger partial charge in [0.1, 0.15) is 16.7 Å². The van der Waals surface area contributed by atoms with E-state index in [0.29, 0.717) is 11.3 Å². The zero-order valence-electron chi connectivity index (χ0n) is 10.8. The zero-order chi connectivity index (χ0) is 14.9. The molecule has 6 heteroatoms. The molecule has 1 aromatic carbocycles. The predicted octanol–water partition coefficient (Wildman–Crippen LogP) is 4.43. The van der Waals surface area contributed by atoms with E-state index in [1.54, 1.807) is 24.3 Å². The lowest BCUT2D eigenvalue weighted by atomic mass is 9.87. The van der Waals surface area contributed by atoms with Crippen LogP contribution in [0.5, 0.6) is 5.75 Å². The Morgan fingerprint density at radius 2 is 1.75 bits per heavy atom. The summed E-state index contributed by atoms with van der Waals surface area (Å²) in [5.74, 6) is -1.64. The maximum atomic E-state index is 13.7. The Kier molecular flexibility index (Phi) is 4.37. The normalized spacial score (nSPS) is 26.5. The van der Waals surface area contributed by atoms with Crippen LogP contribution in [0.2, 0.25) is 0 Å². The molecule has 0 heterocycles. The Morgan fingerprint density at radius 1 is 1.15 bits per heavy atom. The molecule has 0 spiro atoms. The molecule has 1 aliphatic carbocycles. The van der Waals surface area contributed by atoms with E-state index in [0.717, 1.165) is 6.08 Å². The summed E-state index contributed by atoms with van der Waals surface area (Å²) in [7, 11) is 2.87. The van der Waals surface area contributed by atoms with E-state index in [1.165, 1.54) is 14.2 Å². The Hall–Kier alpha value is -1.10. The highest BCUT2D eigenvalue weighted by atomic mass is 35.5. The molecule has 0 radical (unpaired) electrons. The van der Waals surface area contributed by atoms with Crippen LogP contribution in [0.3, 0.4) is 0 Å². The first kappa shape index (κ1) is 15.3. The van der Waals surface area contributed by atoms with E-state index < -0.39 is 27.7 Å². The molecule has 2 unspecified atom stereocenters. The first-order chi connectivity index (χ1) is 9.44. The van der Waals surface area contributed by atoms with Crippen molar-refractivity contribution in [1.29, 1.82) is 0 Å². The van der Waals surface area contributed by atoms with E-state index in [-0.39, 0.29) is 0 Å². The molecule has 0 fully saturated rings. The minimum absolute atomic E-state index is 0.434. The number of benzene rings is 1. The van der Waals surface area contributed by atoms with Crippen LogP contribution in [0.25, 0.3) is 0 Å². The summed E-state index contributed by atoms with van der Waals surface area (Å²) in [5, 5.41) is -0.434. The number of hydrogen-bond acceptors (Lipinski definition) is 2. The fraction of sp³-hybridized carbons (Fsp3) is 0.286. The molecule has 2 nitrogen and oxygen atoms in total. The van der Waals surface area contributed by atoms with Gasteiger partial charge in [0.15, 0.2) is 11.7 Å². The molecule has 1 aliphatic rings. The van der Waals surface area contributed by atoms with E-state index in [9.17, 15) is 8.78 Å². The third-order valence-corrected chi connectivity index (χ3v) is 4.36. The van der Waals surface area contributed by atoms with Crippen molar-refractivity contribution in [3.8, 4) is 5.75 Å². The summed E-state index contributed by atoms with van der Waals surface area (Å²) in [6, 6.07) is 6.57. The Morgan fingerprint density at radius 3 is 2.25 bits per heavy atom. The Labute approximate surface area is 125 Å². The molecule has 0 saturated heterocycles. The molecule has 0 amide bonds. The summed E-state index contributed by atoms with van der Waals surface area (Å²) >= 11 is 12.4. The van der Waals surface area contributed by atoms with E-state index in [4.69, 9.17) is 32.7 Å². The fourth-order valence-corrected chi connectivity index (χ4v) is 2.73. The van der Waals surface area contributed by atoms with Gasteiger partial charge in [-0.15, -0.1) is 11.6 Å². The van der Waals surface area contributed by atoms with Gasteiger partial charge in [0.25, 0.3) is 0 Å². The minimum atomic E-state index is -1.51. The molecule has 1 aromatic rings. The number of allylic oxidation sites excluding steroid dienone is 2. The standard InChI is InChI=1S/C14H12Cl2F2O2/c1-19-9-5-3-8(4-6-9)14(16)11(20-2)7-10(17)12(18)13(14)15/h3-7,11H,1-2H3. The van der Waals surface area contributed by atoms with Crippen molar-refractivity contribution in [3.05, 3.63) is 52.6 Å². The van der Waals surface area contributed by atoms with Gasteiger partial charge < -0.3 is 9.47 Å². The summed E-state index contributed by atoms with van der Waals surface area (Å²) in [6.45, 7) is 0. The van der Waals surface area contributed by atoms with E-state index >= 15 is 0 Å². The van der Waals surface area contributed by atoms with Crippen LogP contribution in [0.1, 0.15) is 5.56 Å². The second-order valence-electron chi connectivity index (χ2n) is 4.24. The Bertz CT molecular complexity index is 569. The van der Waals surface area contributed by atoms with Gasteiger partial charge in [0.05, 0.1) is 12.1 Å². The monoisotopic (exact) mass is 320 g/mol. The summed E-state index contributed by atoms with van der Waals surface area (Å²) in [5.41, 5.74) is 0.482. The number of halogens is 4. The molecule has 20 heavy (non-hydrogen) atoms. The summed E-state index contributed by atoms with van der Waals surface area (Å²) in [6.07, 6.45) is 0.0443. The highest BCUT2D eigenvalue weighted by Crippen LogP contribution is 2.49. The second kappa shape index (κ2) is 5.72. The number of ether oxygens (including phenoxy) is 2. The van der Waals surface area contributed by atoms with Gasteiger partial charge in [-0.1, -0.05) is 23.7 Å². The third-order valence-electron chi connectivity index (χ3n) is 3.18. The fourth-order valence-electron chi connectivity index (χ4n) is 2.07. The molecule has 2 rings (SSSR count). The first-order valence-electron chi connectivity index (χ1n) is 5.74. The minimum Gasteiger partial charge on any atom is -0.497 e. The quantitative estimate of drug-likeness (QED) is 0.767. The molecule has 0 N–H and O–H groups in total. The zero-order valence-corrected chi connectivity index (χ0v) is 12.3. The third kappa shape index (κ3) is 2.32. The maximum Gasteiger partial charge on any atom is 0.175 e. The molecule has 108 valence electrons. The predicted molar refractivity (Wildman–Crippen MR) is 74.5 cm³/mol. The van der Waals surface area contributed by atoms with Crippen LogP contribution in [-0.2, 0) is 9.61 Å². The van der Waals surface area contributed by atoms with E-state index in [1.807, 2.05) is 0 Å². The summed E-state index contributed by atoms with van der Waals surface area (Å²) in [4.78, 5) is -1.51. The molecule has 0 aliphatic heterocycles. The van der Waals surface area contributed by atoms with Crippen molar-refractivity contribution in [3.63, 3.8) is 0 Å². The van der Waals surface area contributed by atoms with Crippen LogP contribution in [0.15, 0.2) is 47.0 Å². The van der Waals surface area contributed by atoms with Crippen molar-refractivity contribution in [1.82, 2.24) is 0 Å². The number of methoxy groups -OCH3 is 2. The van der Waals surface area contributed by atoms with Crippen LogP contribution < -0.4 is 4.74 Å². The van der Waals surface area contributed by atoms with Crippen molar-refractivity contribution >= 4 is 23.2 Å². The SMILES string of the molecule is COc1ccc(C2(Cl)C(Cl)=C(F)C(F)=CC2OC)cc1. The number of hydrogen-bond donors (Lipinski definition) is 0. The average molecular weight is 321 g/mol. The summed E-state index contributed by atoms with van der Waals surface area (Å²) < 4.78 is 37.4. The molecular weight excluding hydrogens is 309 g/mol. The number of alkyl halides is 1. The van der Waals surface area contributed by atoms with Gasteiger partial charge in [-0.3, -0.25) is 0 Å². The lowest BCUT2D eigenvalue weighted by Gasteiger charge is -2.35. The van der Waals surface area contributed by atoms with Crippen molar-refractivity contribution in [2.45, 2.75) is 11.0 Å². The molecule has 0 saturated carbocycles. The molecule has 0 aromatic heterocycles. The first-order valence-corrected chi connectivity index (χ1v) is 6.50. The van der Waals surface area contributed by atoms with Crippen molar-refractivity contribution in [2.24, 2.45) is 0 Å². The van der Waals surface area contributed by atoms with Gasteiger partial charge in [-0.05, 0) is 23.8 Å². The van der Waals surface area contributed by atoms with Gasteiger partial charge in [0.2, 0.25) is 0 Å². The topological polar surface area (TPSA) is 18.5 Å². The van der Waals surface area contributed by atoms with Gasteiger partial charge in [-0.25, -0.2) is 8.78 Å². The second-order valence-corrected chi connectivity index (χ2v) is 5.21. The average Bonchev–Trinajstić information content (AvgIpc) is 2.48. The van der Waals surface area contributed by atoms with Gasteiger partial charge in [-0.2, -0.15) is 0 Å². The highest BCUT2D eigenvalue weighted by Gasteiger charge is 2.47. The van der Waals surface area contributed by atoms with Crippen molar-refractivity contribution in [2.75, 3.05) is 14.2 Å². The lowest BCUT2D eigenvalue weighted by Crippen LogP contribution is -2.37. The molecule has 0 bridgehead atoms. The maximum absolute atomic E-state index is 13.7. The molecule has 2 atom stereocenters. The van der Waals surface area contributed by atoms with Crippen LogP contribution in [0.4, 0.5) is 8.78 Å². The Balaban J connectivity index is 2.54. The van der Waals surface area contributed by atoms with Crippen LogP contribution in [0, 0.1) is 0 Å². The van der Waals surface area contributed by atoms with Gasteiger partial charge in [0, 0.05) is 7.11 Å². The van der Waals surface area contributed by atoms with Crippen LogP contribution in [-0.4, -0.2) is 20.3 Å². The number of rotatable bonds is 3. The van der Waals surface area contributed by atoms with Crippen LogP contribution >= 0.6 is 23.2 Å². The highest BCUT2D eigenvalue weighted by molar-refractivity contribution is 6.40. The van der Waals surface area contributed by atoms with Gasteiger partial charge >= 0.3 is 0 Å². The smallest absolute Gasteiger partial charge is 0.175 e.